The standard InChI is InChI=1S/C25H28N2/c1-21(22-11-5-2-6-12-22)26-17-19-27(20-18-26)25(23-13-7-3-8-14-23)24-15-9-4-10-16-24/h2-16,21,25H,17-20H2,1H3. The number of rotatable bonds is 5. The van der Waals surface area contributed by atoms with E-state index in [-0.39, 0.29) is 0 Å². The highest BCUT2D eigenvalue weighted by molar-refractivity contribution is 5.32. The van der Waals surface area contributed by atoms with Crippen molar-refractivity contribution in [3.05, 3.63) is 108 Å². The van der Waals surface area contributed by atoms with Crippen molar-refractivity contribution in [2.45, 2.75) is 19.0 Å². The second kappa shape index (κ2) is 8.51. The van der Waals surface area contributed by atoms with Crippen molar-refractivity contribution in [3.8, 4) is 0 Å². The lowest BCUT2D eigenvalue weighted by atomic mass is 9.96. The number of piperazine rings is 1. The van der Waals surface area contributed by atoms with Crippen LogP contribution < -0.4 is 0 Å². The minimum atomic E-state index is 0.335. The second-order valence-electron chi connectivity index (χ2n) is 7.38. The highest BCUT2D eigenvalue weighted by atomic mass is 15.3. The first-order valence-corrected chi connectivity index (χ1v) is 9.96. The van der Waals surface area contributed by atoms with Gasteiger partial charge in [-0.2, -0.15) is 0 Å². The Morgan fingerprint density at radius 2 is 0.889 bits per heavy atom. The van der Waals surface area contributed by atoms with Gasteiger partial charge in [-0.05, 0) is 23.6 Å². The van der Waals surface area contributed by atoms with Gasteiger partial charge in [-0.3, -0.25) is 9.80 Å². The van der Waals surface area contributed by atoms with E-state index >= 15 is 0 Å². The van der Waals surface area contributed by atoms with Gasteiger partial charge in [0.25, 0.3) is 0 Å². The molecule has 1 saturated heterocycles. The molecule has 2 nitrogen and oxygen atoms in total. The zero-order valence-corrected chi connectivity index (χ0v) is 16.0. The van der Waals surface area contributed by atoms with Crippen molar-refractivity contribution in [2.75, 3.05) is 26.2 Å². The molecule has 1 atom stereocenters. The predicted octanol–water partition coefficient (Wildman–Crippen LogP) is 5.15. The fourth-order valence-electron chi connectivity index (χ4n) is 4.21. The van der Waals surface area contributed by atoms with Crippen LogP contribution in [-0.4, -0.2) is 36.0 Å². The van der Waals surface area contributed by atoms with Crippen LogP contribution >= 0.6 is 0 Å². The SMILES string of the molecule is CC(c1ccccc1)N1CCN(C(c2ccccc2)c2ccccc2)CC1. The first-order valence-electron chi connectivity index (χ1n) is 9.96. The third kappa shape index (κ3) is 4.13. The predicted molar refractivity (Wildman–Crippen MR) is 113 cm³/mol. The average Bonchev–Trinajstić information content (AvgIpc) is 2.76. The lowest BCUT2D eigenvalue weighted by Crippen LogP contribution is -2.48. The van der Waals surface area contributed by atoms with E-state index in [2.05, 4.69) is 108 Å². The Kier molecular flexibility index (Phi) is 5.66. The lowest BCUT2D eigenvalue weighted by Gasteiger charge is -2.42. The minimum absolute atomic E-state index is 0.335. The van der Waals surface area contributed by atoms with Gasteiger partial charge in [0.05, 0.1) is 6.04 Å². The summed E-state index contributed by atoms with van der Waals surface area (Å²) >= 11 is 0. The van der Waals surface area contributed by atoms with Crippen molar-refractivity contribution >= 4 is 0 Å². The second-order valence-corrected chi connectivity index (χ2v) is 7.38. The van der Waals surface area contributed by atoms with Crippen molar-refractivity contribution in [2.24, 2.45) is 0 Å². The summed E-state index contributed by atoms with van der Waals surface area (Å²) in [6.45, 7) is 6.71. The van der Waals surface area contributed by atoms with Gasteiger partial charge in [0.15, 0.2) is 0 Å². The first-order chi connectivity index (χ1) is 13.3. The maximum absolute atomic E-state index is 2.64. The Hall–Kier alpha value is -2.42. The Bertz CT molecular complexity index is 769. The van der Waals surface area contributed by atoms with E-state index < -0.39 is 0 Å². The van der Waals surface area contributed by atoms with Crippen LogP contribution in [0.4, 0.5) is 0 Å². The van der Waals surface area contributed by atoms with Crippen LogP contribution in [0, 0.1) is 0 Å². The molecule has 0 aromatic heterocycles. The Labute approximate surface area is 163 Å². The summed E-state index contributed by atoms with van der Waals surface area (Å²) in [6.07, 6.45) is 0. The van der Waals surface area contributed by atoms with Crippen LogP contribution in [0.15, 0.2) is 91.0 Å². The highest BCUT2D eigenvalue weighted by Crippen LogP contribution is 2.31. The molecule has 0 radical (unpaired) electrons. The molecule has 4 rings (SSSR count). The normalized spacial score (nSPS) is 17.1. The van der Waals surface area contributed by atoms with E-state index in [0.29, 0.717) is 12.1 Å². The molecule has 0 spiro atoms. The van der Waals surface area contributed by atoms with E-state index in [1.807, 2.05) is 0 Å². The largest absolute Gasteiger partial charge is 0.294 e. The van der Waals surface area contributed by atoms with Gasteiger partial charge in [0.2, 0.25) is 0 Å². The van der Waals surface area contributed by atoms with Crippen LogP contribution in [-0.2, 0) is 0 Å². The molecule has 3 aromatic carbocycles. The smallest absolute Gasteiger partial charge is 0.0602 e. The van der Waals surface area contributed by atoms with E-state index in [9.17, 15) is 0 Å². The number of hydrogen-bond acceptors (Lipinski definition) is 2. The summed E-state index contributed by atoms with van der Waals surface area (Å²) < 4.78 is 0. The maximum atomic E-state index is 2.64. The van der Waals surface area contributed by atoms with Crippen LogP contribution in [0.1, 0.15) is 35.7 Å². The molecule has 1 aliphatic heterocycles. The molecule has 0 saturated carbocycles. The molecule has 3 aromatic rings. The maximum Gasteiger partial charge on any atom is 0.0602 e. The Morgan fingerprint density at radius 3 is 1.33 bits per heavy atom. The number of benzene rings is 3. The average molecular weight is 357 g/mol. The van der Waals surface area contributed by atoms with E-state index in [0.717, 1.165) is 26.2 Å². The van der Waals surface area contributed by atoms with E-state index in [1.165, 1.54) is 16.7 Å². The molecule has 0 amide bonds. The summed E-state index contributed by atoms with van der Waals surface area (Å²) in [5.41, 5.74) is 4.18. The summed E-state index contributed by atoms with van der Waals surface area (Å²) in [4.78, 5) is 5.25. The van der Waals surface area contributed by atoms with Crippen LogP contribution in [0.2, 0.25) is 0 Å². The molecule has 138 valence electrons. The Morgan fingerprint density at radius 1 is 0.519 bits per heavy atom. The topological polar surface area (TPSA) is 6.48 Å². The van der Waals surface area contributed by atoms with Gasteiger partial charge in [-0.25, -0.2) is 0 Å². The zero-order valence-electron chi connectivity index (χ0n) is 16.0. The van der Waals surface area contributed by atoms with Gasteiger partial charge in [-0.1, -0.05) is 91.0 Å². The van der Waals surface area contributed by atoms with Gasteiger partial charge < -0.3 is 0 Å². The molecule has 0 aliphatic carbocycles. The summed E-state index contributed by atoms with van der Waals surface area (Å²) in [5, 5.41) is 0. The molecular formula is C25H28N2. The molecule has 0 bridgehead atoms. The molecule has 1 heterocycles. The van der Waals surface area contributed by atoms with Crippen molar-refractivity contribution < 1.29 is 0 Å². The molecule has 0 N–H and O–H groups in total. The summed E-state index contributed by atoms with van der Waals surface area (Å²) in [7, 11) is 0. The van der Waals surface area contributed by atoms with Crippen LogP contribution in [0.3, 0.4) is 0 Å². The first kappa shape index (κ1) is 18.0. The van der Waals surface area contributed by atoms with Gasteiger partial charge in [0.1, 0.15) is 0 Å². The van der Waals surface area contributed by atoms with Crippen molar-refractivity contribution in [3.63, 3.8) is 0 Å². The summed E-state index contributed by atoms with van der Waals surface area (Å²) in [6, 6.07) is 33.5. The Balaban J connectivity index is 1.51. The molecule has 1 fully saturated rings. The molecular weight excluding hydrogens is 328 g/mol. The van der Waals surface area contributed by atoms with Gasteiger partial charge >= 0.3 is 0 Å². The number of nitrogens with zero attached hydrogens (tertiary/aromatic N) is 2. The fourth-order valence-corrected chi connectivity index (χ4v) is 4.21. The minimum Gasteiger partial charge on any atom is -0.294 e. The van der Waals surface area contributed by atoms with E-state index in [4.69, 9.17) is 0 Å². The lowest BCUT2D eigenvalue weighted by molar-refractivity contribution is 0.0839. The number of hydrogen-bond donors (Lipinski definition) is 0. The van der Waals surface area contributed by atoms with Gasteiger partial charge in [-0.15, -0.1) is 0 Å². The van der Waals surface area contributed by atoms with Crippen LogP contribution in [0.5, 0.6) is 0 Å². The molecule has 27 heavy (non-hydrogen) atoms. The van der Waals surface area contributed by atoms with Crippen LogP contribution in [0.25, 0.3) is 0 Å². The molecule has 2 heteroatoms. The monoisotopic (exact) mass is 356 g/mol. The highest BCUT2D eigenvalue weighted by Gasteiger charge is 2.28. The third-order valence-electron chi connectivity index (χ3n) is 5.77. The molecule has 1 aliphatic rings. The van der Waals surface area contributed by atoms with Crippen molar-refractivity contribution in [1.29, 1.82) is 0 Å². The van der Waals surface area contributed by atoms with E-state index in [1.54, 1.807) is 0 Å². The fraction of sp³-hybridized carbons (Fsp3) is 0.280. The van der Waals surface area contributed by atoms with Gasteiger partial charge in [0, 0.05) is 32.2 Å². The summed E-state index contributed by atoms with van der Waals surface area (Å²) in [5.74, 6) is 0. The quantitative estimate of drug-likeness (QED) is 0.623. The van der Waals surface area contributed by atoms with Crippen molar-refractivity contribution in [1.82, 2.24) is 9.80 Å². The molecule has 1 unspecified atom stereocenters. The third-order valence-corrected chi connectivity index (χ3v) is 5.77. The zero-order chi connectivity index (χ0) is 18.5.